The Morgan fingerprint density at radius 2 is 1.83 bits per heavy atom. The van der Waals surface area contributed by atoms with Crippen molar-refractivity contribution in [2.45, 2.75) is 31.7 Å². The summed E-state index contributed by atoms with van der Waals surface area (Å²) in [6.07, 6.45) is 0.914. The van der Waals surface area contributed by atoms with Crippen molar-refractivity contribution < 1.29 is 13.2 Å². The predicted octanol–water partition coefficient (Wildman–Crippen LogP) is 2.80. The lowest BCUT2D eigenvalue weighted by molar-refractivity contribution is 0.0955. The van der Waals surface area contributed by atoms with Gasteiger partial charge in [-0.05, 0) is 42.7 Å². The van der Waals surface area contributed by atoms with Gasteiger partial charge in [0.15, 0.2) is 0 Å². The topological polar surface area (TPSA) is 66.5 Å². The fourth-order valence-electron chi connectivity index (χ4n) is 2.24. The lowest BCUT2D eigenvalue weighted by atomic mass is 10.2. The molecule has 0 aliphatic rings. The van der Waals surface area contributed by atoms with E-state index in [1.807, 2.05) is 13.0 Å². The maximum absolute atomic E-state index is 12.2. The molecule has 0 aliphatic heterocycles. The first-order chi connectivity index (χ1) is 11.3. The van der Waals surface area contributed by atoms with Gasteiger partial charge < -0.3 is 5.32 Å². The summed E-state index contributed by atoms with van der Waals surface area (Å²) in [7, 11) is -0.431. The van der Waals surface area contributed by atoms with Gasteiger partial charge in [0.2, 0.25) is 10.0 Å². The number of aryl methyl sites for hydroxylation is 2. The summed E-state index contributed by atoms with van der Waals surface area (Å²) in [6.45, 7) is 4.45. The number of carbonyl (C=O) groups excluding carboxylic acids is 1. The van der Waals surface area contributed by atoms with Crippen molar-refractivity contribution >= 4 is 27.3 Å². The van der Waals surface area contributed by atoms with Crippen molar-refractivity contribution in [3.63, 3.8) is 0 Å². The third-order valence-corrected chi connectivity index (χ3v) is 6.70. The van der Waals surface area contributed by atoms with Crippen LogP contribution in [0.4, 0.5) is 0 Å². The number of thiophene rings is 1. The highest BCUT2D eigenvalue weighted by atomic mass is 32.2. The number of hydrogen-bond acceptors (Lipinski definition) is 4. The van der Waals surface area contributed by atoms with Gasteiger partial charge in [-0.1, -0.05) is 19.1 Å². The third-order valence-electron chi connectivity index (χ3n) is 3.78. The van der Waals surface area contributed by atoms with Crippen LogP contribution in [0.3, 0.4) is 0 Å². The molecule has 0 atom stereocenters. The van der Waals surface area contributed by atoms with E-state index in [0.29, 0.717) is 11.4 Å². The lowest BCUT2D eigenvalue weighted by Crippen LogP contribution is -2.23. The molecule has 0 unspecified atom stereocenters. The first kappa shape index (κ1) is 18.6. The van der Waals surface area contributed by atoms with Gasteiger partial charge in [0, 0.05) is 25.5 Å². The van der Waals surface area contributed by atoms with Gasteiger partial charge in [0.25, 0.3) is 5.91 Å². The van der Waals surface area contributed by atoms with Crippen LogP contribution in [0.5, 0.6) is 0 Å². The second-order valence-corrected chi connectivity index (χ2v) is 9.07. The summed E-state index contributed by atoms with van der Waals surface area (Å²) in [6, 6.07) is 8.48. The van der Waals surface area contributed by atoms with E-state index in [4.69, 9.17) is 0 Å². The smallest absolute Gasteiger partial charge is 0.261 e. The number of sulfonamides is 1. The summed E-state index contributed by atoms with van der Waals surface area (Å²) < 4.78 is 25.2. The molecule has 5 nitrogen and oxygen atoms in total. The third kappa shape index (κ3) is 4.03. The SMILES string of the molecule is CCc1cc(C(=O)NCc2ccc(S(=O)(=O)N(C)C)cc2)sc1C. The van der Waals surface area contributed by atoms with Crippen molar-refractivity contribution in [2.24, 2.45) is 0 Å². The standard InChI is InChI=1S/C17H22N2O3S2/c1-5-14-10-16(23-12(14)2)17(20)18-11-13-6-8-15(9-7-13)24(21,22)19(3)4/h6-10H,5,11H2,1-4H3,(H,18,20). The number of nitrogens with zero attached hydrogens (tertiary/aromatic N) is 1. The van der Waals surface area contributed by atoms with Crippen molar-refractivity contribution in [3.8, 4) is 0 Å². The average molecular weight is 367 g/mol. The molecule has 1 aromatic carbocycles. The highest BCUT2D eigenvalue weighted by molar-refractivity contribution is 7.89. The Bertz CT molecular complexity index is 822. The molecule has 24 heavy (non-hydrogen) atoms. The van der Waals surface area contributed by atoms with Crippen LogP contribution >= 0.6 is 11.3 Å². The van der Waals surface area contributed by atoms with E-state index in [1.165, 1.54) is 40.2 Å². The quantitative estimate of drug-likeness (QED) is 0.855. The molecule has 1 aromatic heterocycles. The number of nitrogens with one attached hydrogen (secondary N) is 1. The fraction of sp³-hybridized carbons (Fsp3) is 0.353. The molecule has 0 radical (unpaired) electrons. The van der Waals surface area contributed by atoms with E-state index in [0.717, 1.165) is 12.0 Å². The molecular formula is C17H22N2O3S2. The second-order valence-electron chi connectivity index (χ2n) is 5.66. The summed E-state index contributed by atoms with van der Waals surface area (Å²) in [5.41, 5.74) is 2.05. The summed E-state index contributed by atoms with van der Waals surface area (Å²) in [5.74, 6) is -0.104. The van der Waals surface area contributed by atoms with Crippen LogP contribution in [-0.2, 0) is 23.0 Å². The van der Waals surface area contributed by atoms with Crippen LogP contribution in [0, 0.1) is 6.92 Å². The Morgan fingerprint density at radius 3 is 2.33 bits per heavy atom. The first-order valence-electron chi connectivity index (χ1n) is 7.64. The monoisotopic (exact) mass is 366 g/mol. The van der Waals surface area contributed by atoms with Crippen LogP contribution in [0.2, 0.25) is 0 Å². The highest BCUT2D eigenvalue weighted by Gasteiger charge is 2.16. The Kier molecular flexibility index (Phi) is 5.79. The Morgan fingerprint density at radius 1 is 1.21 bits per heavy atom. The molecule has 7 heteroatoms. The molecule has 0 bridgehead atoms. The van der Waals surface area contributed by atoms with E-state index < -0.39 is 10.0 Å². The molecule has 0 aliphatic carbocycles. The van der Waals surface area contributed by atoms with E-state index >= 15 is 0 Å². The van der Waals surface area contributed by atoms with Gasteiger partial charge in [-0.15, -0.1) is 11.3 Å². The second kappa shape index (κ2) is 7.46. The minimum atomic E-state index is -3.43. The maximum atomic E-state index is 12.2. The van der Waals surface area contributed by atoms with Gasteiger partial charge in [-0.25, -0.2) is 12.7 Å². The Labute approximate surface area is 147 Å². The summed E-state index contributed by atoms with van der Waals surface area (Å²) >= 11 is 1.49. The number of hydrogen-bond donors (Lipinski definition) is 1. The molecule has 0 saturated carbocycles. The van der Waals surface area contributed by atoms with Crippen molar-refractivity contribution in [1.82, 2.24) is 9.62 Å². The van der Waals surface area contributed by atoms with Crippen LogP contribution in [0.1, 0.15) is 32.6 Å². The molecule has 0 spiro atoms. The number of amides is 1. The van der Waals surface area contributed by atoms with Crippen molar-refractivity contribution in [2.75, 3.05) is 14.1 Å². The number of carbonyl (C=O) groups is 1. The zero-order valence-corrected chi connectivity index (χ0v) is 15.9. The van der Waals surface area contributed by atoms with Gasteiger partial charge in [0.1, 0.15) is 0 Å². The van der Waals surface area contributed by atoms with Crippen molar-refractivity contribution in [3.05, 3.63) is 51.2 Å². The van der Waals surface area contributed by atoms with Crippen LogP contribution < -0.4 is 5.32 Å². The minimum absolute atomic E-state index is 0.104. The lowest BCUT2D eigenvalue weighted by Gasteiger charge is -2.11. The minimum Gasteiger partial charge on any atom is -0.347 e. The average Bonchev–Trinajstić information content (AvgIpc) is 2.94. The molecule has 2 rings (SSSR count). The van der Waals surface area contributed by atoms with Crippen molar-refractivity contribution in [1.29, 1.82) is 0 Å². The first-order valence-corrected chi connectivity index (χ1v) is 9.90. The fourth-order valence-corrected chi connectivity index (χ4v) is 4.17. The van der Waals surface area contributed by atoms with Gasteiger partial charge in [-0.3, -0.25) is 4.79 Å². The molecule has 0 fully saturated rings. The van der Waals surface area contributed by atoms with Gasteiger partial charge in [-0.2, -0.15) is 0 Å². The largest absolute Gasteiger partial charge is 0.347 e. The molecule has 2 aromatic rings. The zero-order valence-electron chi connectivity index (χ0n) is 14.3. The van der Waals surface area contributed by atoms with E-state index in [2.05, 4.69) is 12.2 Å². The Hall–Kier alpha value is -1.70. The van der Waals surface area contributed by atoms with Crippen LogP contribution in [-0.4, -0.2) is 32.7 Å². The molecule has 1 N–H and O–H groups in total. The zero-order chi connectivity index (χ0) is 17.9. The van der Waals surface area contributed by atoms with Gasteiger partial charge >= 0.3 is 0 Å². The normalized spacial score (nSPS) is 11.7. The van der Waals surface area contributed by atoms with E-state index in [1.54, 1.807) is 24.3 Å². The molecule has 0 saturated heterocycles. The van der Waals surface area contributed by atoms with Gasteiger partial charge in [0.05, 0.1) is 9.77 Å². The molecule has 1 heterocycles. The number of rotatable bonds is 6. The van der Waals surface area contributed by atoms with E-state index in [9.17, 15) is 13.2 Å². The van der Waals surface area contributed by atoms with E-state index in [-0.39, 0.29) is 10.8 Å². The summed E-state index contributed by atoms with van der Waals surface area (Å²) in [5, 5.41) is 2.87. The molecule has 130 valence electrons. The maximum Gasteiger partial charge on any atom is 0.261 e. The highest BCUT2D eigenvalue weighted by Crippen LogP contribution is 2.22. The van der Waals surface area contributed by atoms with Crippen LogP contribution in [0.15, 0.2) is 35.2 Å². The molecular weight excluding hydrogens is 344 g/mol. The predicted molar refractivity (Wildman–Crippen MR) is 96.9 cm³/mol. The summed E-state index contributed by atoms with van der Waals surface area (Å²) in [4.78, 5) is 14.3. The number of benzene rings is 1. The van der Waals surface area contributed by atoms with Crippen LogP contribution in [0.25, 0.3) is 0 Å². The Balaban J connectivity index is 2.03. The molecule has 1 amide bonds.